The van der Waals surface area contributed by atoms with Crippen LogP contribution < -0.4 is 4.90 Å². The molecule has 0 aliphatic carbocycles. The molecule has 1 amide bonds. The highest BCUT2D eigenvalue weighted by molar-refractivity contribution is 9.10. The van der Waals surface area contributed by atoms with E-state index in [4.69, 9.17) is 0 Å². The molecule has 0 spiro atoms. The van der Waals surface area contributed by atoms with Gasteiger partial charge in [-0.2, -0.15) is 0 Å². The van der Waals surface area contributed by atoms with E-state index < -0.39 is 5.41 Å². The quantitative estimate of drug-likeness (QED) is 0.432. The minimum Gasteiger partial charge on any atom is -0.297 e. The summed E-state index contributed by atoms with van der Waals surface area (Å²) in [6, 6.07) is 23.1. The molecule has 0 unspecified atom stereocenters. The standard InChI is InChI=1S/C27H29BrN2O/c1-5-29(6-2)18-30-25-16-15-23(28)17-24(25)27(26(30)31,21-11-7-19(3)8-12-21)22-13-9-20(4)10-14-22/h7-17H,5-6,18H2,1-4H3. The third-order valence-corrected chi connectivity index (χ3v) is 6.92. The molecule has 0 aromatic heterocycles. The maximum absolute atomic E-state index is 14.4. The number of rotatable bonds is 6. The smallest absolute Gasteiger partial charge is 0.247 e. The van der Waals surface area contributed by atoms with Crippen molar-refractivity contribution >= 4 is 27.5 Å². The van der Waals surface area contributed by atoms with Crippen LogP contribution in [0.15, 0.2) is 71.2 Å². The number of carbonyl (C=O) groups excluding carboxylic acids is 1. The maximum atomic E-state index is 14.4. The number of aryl methyl sites for hydroxylation is 2. The Kier molecular flexibility index (Phi) is 6.05. The van der Waals surface area contributed by atoms with E-state index in [-0.39, 0.29) is 5.91 Å². The molecular formula is C27H29BrN2O. The fourth-order valence-corrected chi connectivity index (χ4v) is 4.93. The number of nitrogens with zero attached hydrogens (tertiary/aromatic N) is 2. The van der Waals surface area contributed by atoms with Crippen LogP contribution >= 0.6 is 15.9 Å². The Morgan fingerprint density at radius 1 is 0.839 bits per heavy atom. The molecule has 0 saturated heterocycles. The number of fused-ring (bicyclic) bond motifs is 1. The zero-order valence-electron chi connectivity index (χ0n) is 18.7. The highest BCUT2D eigenvalue weighted by Crippen LogP contribution is 2.51. The Hall–Kier alpha value is -2.43. The van der Waals surface area contributed by atoms with Gasteiger partial charge in [0.05, 0.1) is 12.4 Å². The van der Waals surface area contributed by atoms with Crippen LogP contribution in [0, 0.1) is 13.8 Å². The molecule has 3 aromatic rings. The number of amides is 1. The number of hydrogen-bond acceptors (Lipinski definition) is 2. The summed E-state index contributed by atoms with van der Waals surface area (Å²) in [5.41, 5.74) is 5.54. The summed E-state index contributed by atoms with van der Waals surface area (Å²) in [7, 11) is 0. The lowest BCUT2D eigenvalue weighted by Crippen LogP contribution is -2.46. The van der Waals surface area contributed by atoms with Crippen LogP contribution in [-0.2, 0) is 10.2 Å². The summed E-state index contributed by atoms with van der Waals surface area (Å²) in [4.78, 5) is 18.7. The van der Waals surface area contributed by atoms with Gasteiger partial charge in [0, 0.05) is 10.0 Å². The van der Waals surface area contributed by atoms with Crippen LogP contribution in [0.25, 0.3) is 0 Å². The van der Waals surface area contributed by atoms with Crippen LogP contribution in [0.4, 0.5) is 5.69 Å². The number of benzene rings is 3. The van der Waals surface area contributed by atoms with Gasteiger partial charge in [0.15, 0.2) is 0 Å². The largest absolute Gasteiger partial charge is 0.297 e. The molecule has 0 bridgehead atoms. The van der Waals surface area contributed by atoms with Crippen molar-refractivity contribution in [3.63, 3.8) is 0 Å². The lowest BCUT2D eigenvalue weighted by atomic mass is 9.70. The topological polar surface area (TPSA) is 23.6 Å². The van der Waals surface area contributed by atoms with E-state index in [1.165, 1.54) is 11.1 Å². The summed E-state index contributed by atoms with van der Waals surface area (Å²) >= 11 is 3.66. The van der Waals surface area contributed by atoms with Crippen LogP contribution in [0.1, 0.15) is 41.7 Å². The van der Waals surface area contributed by atoms with E-state index >= 15 is 0 Å². The molecule has 1 aliphatic rings. The first-order valence-electron chi connectivity index (χ1n) is 10.9. The lowest BCUT2D eigenvalue weighted by Gasteiger charge is -2.32. The molecule has 0 N–H and O–H groups in total. The first-order valence-corrected chi connectivity index (χ1v) is 11.7. The number of carbonyl (C=O) groups is 1. The SMILES string of the molecule is CCN(CC)CN1C(=O)C(c2ccc(C)cc2)(c2ccc(C)cc2)c2cc(Br)ccc21. The van der Waals surface area contributed by atoms with Gasteiger partial charge in [-0.15, -0.1) is 0 Å². The molecule has 0 radical (unpaired) electrons. The predicted octanol–water partition coefficient (Wildman–Crippen LogP) is 6.05. The molecule has 3 aromatic carbocycles. The zero-order chi connectivity index (χ0) is 22.2. The van der Waals surface area contributed by atoms with Crippen molar-refractivity contribution in [1.29, 1.82) is 0 Å². The zero-order valence-corrected chi connectivity index (χ0v) is 20.2. The Morgan fingerprint density at radius 3 is 1.84 bits per heavy atom. The fraction of sp³-hybridized carbons (Fsp3) is 0.296. The van der Waals surface area contributed by atoms with E-state index in [0.717, 1.165) is 39.9 Å². The van der Waals surface area contributed by atoms with Gasteiger partial charge in [-0.3, -0.25) is 14.6 Å². The Labute approximate surface area is 193 Å². The molecular weight excluding hydrogens is 448 g/mol. The van der Waals surface area contributed by atoms with Gasteiger partial charge in [0.25, 0.3) is 0 Å². The molecule has 4 rings (SSSR count). The molecule has 160 valence electrons. The minimum atomic E-state index is -0.867. The molecule has 0 atom stereocenters. The monoisotopic (exact) mass is 476 g/mol. The van der Waals surface area contributed by atoms with Crippen molar-refractivity contribution in [2.75, 3.05) is 24.7 Å². The molecule has 1 heterocycles. The normalized spacial score (nSPS) is 14.9. The fourth-order valence-electron chi connectivity index (χ4n) is 4.57. The summed E-state index contributed by atoms with van der Waals surface area (Å²) < 4.78 is 0.979. The third-order valence-electron chi connectivity index (χ3n) is 6.42. The Morgan fingerprint density at radius 2 is 1.35 bits per heavy atom. The average Bonchev–Trinajstić information content (AvgIpc) is 3.01. The van der Waals surface area contributed by atoms with E-state index in [9.17, 15) is 4.79 Å². The van der Waals surface area contributed by atoms with Gasteiger partial charge in [0.2, 0.25) is 5.91 Å². The number of hydrogen-bond donors (Lipinski definition) is 0. The molecule has 0 fully saturated rings. The van der Waals surface area contributed by atoms with Crippen LogP contribution in [0.2, 0.25) is 0 Å². The van der Waals surface area contributed by atoms with Gasteiger partial charge in [-0.05, 0) is 56.3 Å². The second kappa shape index (κ2) is 8.60. The van der Waals surface area contributed by atoms with Crippen molar-refractivity contribution in [3.8, 4) is 0 Å². The van der Waals surface area contributed by atoms with Crippen LogP contribution in [0.5, 0.6) is 0 Å². The van der Waals surface area contributed by atoms with E-state index in [2.05, 4.69) is 109 Å². The molecule has 0 saturated carbocycles. The van der Waals surface area contributed by atoms with E-state index in [0.29, 0.717) is 6.67 Å². The Bertz CT molecular complexity index is 1040. The van der Waals surface area contributed by atoms with Crippen molar-refractivity contribution in [3.05, 3.63) is 99.0 Å². The molecule has 31 heavy (non-hydrogen) atoms. The molecule has 3 nitrogen and oxygen atoms in total. The van der Waals surface area contributed by atoms with Gasteiger partial charge >= 0.3 is 0 Å². The lowest BCUT2D eigenvalue weighted by molar-refractivity contribution is -0.121. The highest BCUT2D eigenvalue weighted by atomic mass is 79.9. The minimum absolute atomic E-state index is 0.111. The van der Waals surface area contributed by atoms with Crippen LogP contribution in [0.3, 0.4) is 0 Å². The predicted molar refractivity (Wildman–Crippen MR) is 132 cm³/mol. The van der Waals surface area contributed by atoms with Crippen LogP contribution in [-0.4, -0.2) is 30.6 Å². The van der Waals surface area contributed by atoms with Crippen molar-refractivity contribution in [2.45, 2.75) is 33.1 Å². The first kappa shape index (κ1) is 21.8. The van der Waals surface area contributed by atoms with Crippen molar-refractivity contribution < 1.29 is 4.79 Å². The number of halogens is 1. The Balaban J connectivity index is 2.02. The van der Waals surface area contributed by atoms with Crippen molar-refractivity contribution in [1.82, 2.24) is 4.90 Å². The van der Waals surface area contributed by atoms with E-state index in [1.54, 1.807) is 0 Å². The summed E-state index contributed by atoms with van der Waals surface area (Å²) in [5.74, 6) is 0.111. The summed E-state index contributed by atoms with van der Waals surface area (Å²) in [6.07, 6.45) is 0. The molecule has 1 aliphatic heterocycles. The average molecular weight is 477 g/mol. The number of anilines is 1. The van der Waals surface area contributed by atoms with Crippen molar-refractivity contribution in [2.24, 2.45) is 0 Å². The first-order chi connectivity index (χ1) is 14.9. The summed E-state index contributed by atoms with van der Waals surface area (Å²) in [5, 5.41) is 0. The second-order valence-corrected chi connectivity index (χ2v) is 9.24. The highest BCUT2D eigenvalue weighted by Gasteiger charge is 2.53. The maximum Gasteiger partial charge on any atom is 0.247 e. The summed E-state index contributed by atoms with van der Waals surface area (Å²) in [6.45, 7) is 10.8. The van der Waals surface area contributed by atoms with E-state index in [1.807, 2.05) is 11.0 Å². The van der Waals surface area contributed by atoms with Gasteiger partial charge in [-0.1, -0.05) is 89.4 Å². The van der Waals surface area contributed by atoms with Gasteiger partial charge < -0.3 is 0 Å². The second-order valence-electron chi connectivity index (χ2n) is 8.32. The molecule has 4 heteroatoms. The van der Waals surface area contributed by atoms with Gasteiger partial charge in [-0.25, -0.2) is 0 Å². The third kappa shape index (κ3) is 3.62. The van der Waals surface area contributed by atoms with Gasteiger partial charge in [0.1, 0.15) is 5.41 Å².